The van der Waals surface area contributed by atoms with Gasteiger partial charge >= 0.3 is 6.01 Å². The van der Waals surface area contributed by atoms with Gasteiger partial charge in [0.2, 0.25) is 12.5 Å². The van der Waals surface area contributed by atoms with E-state index < -0.39 is 0 Å². The summed E-state index contributed by atoms with van der Waals surface area (Å²) in [5, 5.41) is 2.83. The summed E-state index contributed by atoms with van der Waals surface area (Å²) in [6.07, 6.45) is 2.84. The Morgan fingerprint density at radius 2 is 2.07 bits per heavy atom. The Morgan fingerprint density at radius 1 is 1.23 bits per heavy atom. The molecule has 1 amide bonds. The molecule has 230 valence electrons. The van der Waals surface area contributed by atoms with Crippen LogP contribution in [0.1, 0.15) is 24.6 Å². The molecular formula is C33H37ClN6O4. The number of piperazine rings is 1. The Bertz CT molecular complexity index is 1570. The lowest BCUT2D eigenvalue weighted by Gasteiger charge is -2.41. The molecule has 6 rings (SSSR count). The Hall–Kier alpha value is -3.91. The highest BCUT2D eigenvalue weighted by Gasteiger charge is 2.35. The minimum Gasteiger partial charge on any atom is -0.461 e. The fraction of sp³-hybridized carbons (Fsp3) is 0.455. The lowest BCUT2D eigenvalue weighted by molar-refractivity contribution is -0.128. The predicted molar refractivity (Wildman–Crippen MR) is 170 cm³/mol. The third kappa shape index (κ3) is 6.32. The molecule has 0 saturated carbocycles. The molecule has 10 nitrogen and oxygen atoms in total. The molecule has 3 aliphatic heterocycles. The van der Waals surface area contributed by atoms with Crippen LogP contribution in [0.4, 0.5) is 11.5 Å². The van der Waals surface area contributed by atoms with Crippen LogP contribution < -0.4 is 14.5 Å². The summed E-state index contributed by atoms with van der Waals surface area (Å²) in [7, 11) is 0. The van der Waals surface area contributed by atoms with E-state index >= 15 is 0 Å². The monoisotopic (exact) mass is 616 g/mol. The molecule has 1 aromatic heterocycles. The molecule has 0 aliphatic carbocycles. The molecule has 2 fully saturated rings. The number of fused-ring (bicyclic) bond motifs is 2. The minimum atomic E-state index is -0.262. The number of carbonyl (C=O) groups is 1. The molecule has 0 N–H and O–H groups in total. The zero-order valence-electron chi connectivity index (χ0n) is 25.0. The van der Waals surface area contributed by atoms with Gasteiger partial charge in [-0.2, -0.15) is 9.97 Å². The second-order valence-electron chi connectivity index (χ2n) is 11.5. The SMILES string of the molecule is [C-]#[N+]C[C@H]1CN(c2nc(OC[C@H](C)OC3CCOC3)nc3c2CCN(c2cccc4cccc(Cl)c24)C3)CCN1C(=O)C=C. The standard InChI is InChI=1S/C33H37ClN6O4/c1-4-30(41)40-15-14-39(18-24(40)17-35-3)32-26-11-13-38(29-10-6-8-23-7-5-9-27(34)31(23)29)19-28(26)36-33(37-32)43-20-22(2)44-25-12-16-42-21-25/h4-10,22,24-25H,1,11-21H2,2H3/t22-,24-,25?/m0/s1. The van der Waals surface area contributed by atoms with Crippen LogP contribution in [0, 0.1) is 6.57 Å². The van der Waals surface area contributed by atoms with Gasteiger partial charge in [-0.15, -0.1) is 0 Å². The van der Waals surface area contributed by atoms with Crippen molar-refractivity contribution in [3.05, 3.63) is 76.8 Å². The molecule has 3 atom stereocenters. The molecule has 11 heteroatoms. The van der Waals surface area contributed by atoms with Crippen LogP contribution in [0.2, 0.25) is 5.02 Å². The number of hydrogen-bond donors (Lipinski definition) is 0. The van der Waals surface area contributed by atoms with Gasteiger partial charge < -0.3 is 33.8 Å². The molecule has 0 bridgehead atoms. The van der Waals surface area contributed by atoms with Crippen LogP contribution >= 0.6 is 11.6 Å². The number of nitrogens with zero attached hydrogens (tertiary/aromatic N) is 6. The van der Waals surface area contributed by atoms with E-state index in [0.717, 1.165) is 57.9 Å². The van der Waals surface area contributed by atoms with Crippen molar-refractivity contribution in [2.75, 3.05) is 62.3 Å². The highest BCUT2D eigenvalue weighted by molar-refractivity contribution is 6.36. The summed E-state index contributed by atoms with van der Waals surface area (Å²) in [6, 6.07) is 12.2. The van der Waals surface area contributed by atoms with Gasteiger partial charge in [-0.1, -0.05) is 42.4 Å². The van der Waals surface area contributed by atoms with Gasteiger partial charge in [-0.05, 0) is 43.4 Å². The quantitative estimate of drug-likeness (QED) is 0.256. The first kappa shape index (κ1) is 30.1. The zero-order chi connectivity index (χ0) is 30.6. The second kappa shape index (κ2) is 13.4. The fourth-order valence-corrected chi connectivity index (χ4v) is 6.64. The van der Waals surface area contributed by atoms with Crippen LogP contribution in [0.3, 0.4) is 0 Å². The van der Waals surface area contributed by atoms with Crippen molar-refractivity contribution in [1.29, 1.82) is 0 Å². The van der Waals surface area contributed by atoms with Gasteiger partial charge in [-0.25, -0.2) is 6.57 Å². The number of hydrogen-bond acceptors (Lipinski definition) is 8. The first-order valence-corrected chi connectivity index (χ1v) is 15.5. The van der Waals surface area contributed by atoms with E-state index in [9.17, 15) is 4.79 Å². The number of amides is 1. The Kier molecular flexibility index (Phi) is 9.17. The maximum atomic E-state index is 12.5. The molecule has 1 unspecified atom stereocenters. The van der Waals surface area contributed by atoms with Gasteiger partial charge in [0, 0.05) is 49.4 Å². The van der Waals surface area contributed by atoms with E-state index in [1.165, 1.54) is 6.08 Å². The van der Waals surface area contributed by atoms with Crippen LogP contribution in [0.5, 0.6) is 6.01 Å². The molecule has 3 aliphatic rings. The van der Waals surface area contributed by atoms with E-state index in [1.54, 1.807) is 4.90 Å². The van der Waals surface area contributed by atoms with E-state index in [0.29, 0.717) is 52.0 Å². The Labute approximate surface area is 263 Å². The summed E-state index contributed by atoms with van der Waals surface area (Å²) in [4.78, 5) is 32.3. The number of aromatic nitrogens is 2. The number of carbonyl (C=O) groups excluding carboxylic acids is 1. The first-order chi connectivity index (χ1) is 21.4. The number of rotatable bonds is 9. The number of anilines is 2. The second-order valence-corrected chi connectivity index (χ2v) is 11.9. The lowest BCUT2D eigenvalue weighted by Crippen LogP contribution is -2.56. The largest absolute Gasteiger partial charge is 0.461 e. The van der Waals surface area contributed by atoms with Crippen molar-refractivity contribution in [3.63, 3.8) is 0 Å². The zero-order valence-corrected chi connectivity index (χ0v) is 25.7. The summed E-state index contributed by atoms with van der Waals surface area (Å²) < 4.78 is 17.7. The first-order valence-electron chi connectivity index (χ1n) is 15.1. The Balaban J connectivity index is 1.30. The predicted octanol–water partition coefficient (Wildman–Crippen LogP) is 4.54. The van der Waals surface area contributed by atoms with Crippen molar-refractivity contribution in [2.45, 2.75) is 44.6 Å². The third-order valence-electron chi connectivity index (χ3n) is 8.50. The van der Waals surface area contributed by atoms with E-state index in [2.05, 4.69) is 45.5 Å². The van der Waals surface area contributed by atoms with Gasteiger partial charge in [0.1, 0.15) is 18.5 Å². The molecule has 2 aromatic carbocycles. The van der Waals surface area contributed by atoms with Crippen molar-refractivity contribution >= 4 is 39.8 Å². The third-order valence-corrected chi connectivity index (χ3v) is 8.81. The van der Waals surface area contributed by atoms with Crippen molar-refractivity contribution in [1.82, 2.24) is 14.9 Å². The topological polar surface area (TPSA) is 84.6 Å². The highest BCUT2D eigenvalue weighted by atomic mass is 35.5. The van der Waals surface area contributed by atoms with Crippen molar-refractivity contribution in [3.8, 4) is 6.01 Å². The van der Waals surface area contributed by atoms with E-state index in [-0.39, 0.29) is 30.7 Å². The van der Waals surface area contributed by atoms with Crippen LogP contribution in [0.15, 0.2) is 49.1 Å². The maximum Gasteiger partial charge on any atom is 0.318 e. The molecule has 2 saturated heterocycles. The van der Waals surface area contributed by atoms with Crippen molar-refractivity contribution in [2.24, 2.45) is 0 Å². The van der Waals surface area contributed by atoms with E-state index in [1.807, 2.05) is 19.1 Å². The van der Waals surface area contributed by atoms with Crippen LogP contribution in [-0.2, 0) is 27.2 Å². The maximum absolute atomic E-state index is 12.5. The summed E-state index contributed by atoms with van der Waals surface area (Å²) in [5.41, 5.74) is 3.03. The number of ether oxygens (including phenoxy) is 3. The van der Waals surface area contributed by atoms with E-state index in [4.69, 9.17) is 42.4 Å². The Morgan fingerprint density at radius 3 is 2.84 bits per heavy atom. The average molecular weight is 617 g/mol. The molecule has 0 spiro atoms. The molecule has 0 radical (unpaired) electrons. The van der Waals surface area contributed by atoms with Gasteiger partial charge in [0.15, 0.2) is 0 Å². The number of halogens is 1. The summed E-state index contributed by atoms with van der Waals surface area (Å²) in [5.74, 6) is 0.650. The van der Waals surface area contributed by atoms with Gasteiger partial charge in [-0.3, -0.25) is 4.79 Å². The molecule has 4 heterocycles. The van der Waals surface area contributed by atoms with Crippen LogP contribution in [-0.4, -0.2) is 91.6 Å². The summed E-state index contributed by atoms with van der Waals surface area (Å²) >= 11 is 6.70. The fourth-order valence-electron chi connectivity index (χ4n) is 6.36. The number of benzene rings is 2. The van der Waals surface area contributed by atoms with Crippen LogP contribution in [0.25, 0.3) is 15.6 Å². The highest BCUT2D eigenvalue weighted by Crippen LogP contribution is 2.37. The normalized spacial score (nSPS) is 20.7. The average Bonchev–Trinajstić information content (AvgIpc) is 3.56. The molecule has 44 heavy (non-hydrogen) atoms. The lowest BCUT2D eigenvalue weighted by atomic mass is 10.0. The molecule has 3 aromatic rings. The van der Waals surface area contributed by atoms with Gasteiger partial charge in [0.25, 0.3) is 0 Å². The van der Waals surface area contributed by atoms with Crippen molar-refractivity contribution < 1.29 is 19.0 Å². The molecular weight excluding hydrogens is 580 g/mol. The van der Waals surface area contributed by atoms with Gasteiger partial charge in [0.05, 0.1) is 36.1 Å². The summed E-state index contributed by atoms with van der Waals surface area (Å²) in [6.45, 7) is 17.9. The smallest absolute Gasteiger partial charge is 0.318 e. The minimum absolute atomic E-state index is 0.0728.